The van der Waals surface area contributed by atoms with Crippen molar-refractivity contribution in [3.8, 4) is 0 Å². The summed E-state index contributed by atoms with van der Waals surface area (Å²) in [7, 11) is -3.49. The average Bonchev–Trinajstić information content (AvgIpc) is 2.65. The Hall–Kier alpha value is -0.920. The number of hydrogen-bond donors (Lipinski definition) is 2. The maximum Gasteiger partial charge on any atom is 0.262 e. The number of nitrogens with one attached hydrogen (secondary N) is 2. The summed E-state index contributed by atoms with van der Waals surface area (Å²) in [5, 5.41) is 10.4. The molecule has 0 aliphatic carbocycles. The van der Waals surface area contributed by atoms with Crippen molar-refractivity contribution in [2.75, 3.05) is 13.1 Å². The van der Waals surface area contributed by atoms with E-state index in [0.717, 1.165) is 36.9 Å². The summed E-state index contributed by atoms with van der Waals surface area (Å²) in [6.07, 6.45) is 4.07. The molecule has 2 N–H and O–H groups in total. The molecule has 1 saturated heterocycles. The van der Waals surface area contributed by atoms with Gasteiger partial charge in [-0.2, -0.15) is 9.40 Å². The van der Waals surface area contributed by atoms with Crippen molar-refractivity contribution < 1.29 is 8.42 Å². The molecule has 1 fully saturated rings. The van der Waals surface area contributed by atoms with Crippen LogP contribution in [0.4, 0.5) is 0 Å². The van der Waals surface area contributed by atoms with Crippen LogP contribution in [0.5, 0.6) is 0 Å². The molecule has 1 aliphatic heterocycles. The molecule has 0 spiro atoms. The van der Waals surface area contributed by atoms with Gasteiger partial charge in [0.2, 0.25) is 0 Å². The number of rotatable bonds is 5. The Morgan fingerprint density at radius 3 is 2.43 bits per heavy atom. The summed E-state index contributed by atoms with van der Waals surface area (Å²) >= 11 is 0. The summed E-state index contributed by atoms with van der Waals surface area (Å²) in [5.41, 5.74) is 1.57. The lowest BCUT2D eigenvalue weighted by molar-refractivity contribution is 0.420. The first-order valence-electron chi connectivity index (χ1n) is 7.70. The van der Waals surface area contributed by atoms with E-state index in [1.54, 1.807) is 4.31 Å². The van der Waals surface area contributed by atoms with E-state index in [1.807, 2.05) is 20.8 Å². The molecule has 120 valence electrons. The van der Waals surface area contributed by atoms with Crippen LogP contribution in [0.3, 0.4) is 0 Å². The molecule has 7 heteroatoms. The minimum Gasteiger partial charge on any atom is -0.310 e. The first-order valence-corrected chi connectivity index (χ1v) is 9.14. The second-order valence-corrected chi connectivity index (χ2v) is 7.84. The molecule has 1 aromatic rings. The SMILES string of the molecule is Cc1[nH]nc(S(=O)(=O)N2CCCCCC2)c1CNC(C)C. The largest absolute Gasteiger partial charge is 0.310 e. The van der Waals surface area contributed by atoms with Gasteiger partial charge < -0.3 is 5.32 Å². The molecular weight excluding hydrogens is 288 g/mol. The lowest BCUT2D eigenvalue weighted by Crippen LogP contribution is -2.33. The van der Waals surface area contributed by atoms with Gasteiger partial charge in [-0.1, -0.05) is 26.7 Å². The van der Waals surface area contributed by atoms with Gasteiger partial charge in [-0.3, -0.25) is 5.10 Å². The number of H-pyrrole nitrogens is 1. The van der Waals surface area contributed by atoms with Gasteiger partial charge >= 0.3 is 0 Å². The van der Waals surface area contributed by atoms with Crippen molar-refractivity contribution in [3.05, 3.63) is 11.3 Å². The minimum absolute atomic E-state index is 0.190. The monoisotopic (exact) mass is 314 g/mol. The average molecular weight is 314 g/mol. The molecule has 6 nitrogen and oxygen atoms in total. The lowest BCUT2D eigenvalue weighted by atomic mass is 10.2. The predicted molar refractivity (Wildman–Crippen MR) is 82.5 cm³/mol. The Bertz CT molecular complexity index is 558. The molecule has 2 rings (SSSR count). The van der Waals surface area contributed by atoms with E-state index in [0.29, 0.717) is 25.7 Å². The molecule has 0 unspecified atom stereocenters. The van der Waals surface area contributed by atoms with E-state index < -0.39 is 10.0 Å². The van der Waals surface area contributed by atoms with E-state index in [2.05, 4.69) is 15.5 Å². The molecule has 21 heavy (non-hydrogen) atoms. The summed E-state index contributed by atoms with van der Waals surface area (Å²) in [6.45, 7) is 7.67. The second-order valence-electron chi connectivity index (χ2n) is 5.99. The van der Waals surface area contributed by atoms with E-state index in [-0.39, 0.29) is 5.03 Å². The Balaban J connectivity index is 2.26. The number of hydrogen-bond acceptors (Lipinski definition) is 4. The van der Waals surface area contributed by atoms with Crippen molar-refractivity contribution in [2.24, 2.45) is 0 Å². The highest BCUT2D eigenvalue weighted by Gasteiger charge is 2.30. The third kappa shape index (κ3) is 3.84. The van der Waals surface area contributed by atoms with Crippen molar-refractivity contribution >= 4 is 10.0 Å². The fraction of sp³-hybridized carbons (Fsp3) is 0.786. The van der Waals surface area contributed by atoms with Crippen molar-refractivity contribution in [2.45, 2.75) is 64.1 Å². The Labute approximate surface area is 127 Å². The van der Waals surface area contributed by atoms with E-state index in [1.165, 1.54) is 0 Å². The lowest BCUT2D eigenvalue weighted by Gasteiger charge is -2.19. The van der Waals surface area contributed by atoms with Crippen LogP contribution < -0.4 is 5.32 Å². The highest BCUT2D eigenvalue weighted by molar-refractivity contribution is 7.89. The number of aryl methyl sites for hydroxylation is 1. The molecule has 0 saturated carbocycles. The minimum atomic E-state index is -3.49. The van der Waals surface area contributed by atoms with Crippen LogP contribution in [-0.2, 0) is 16.6 Å². The Kier molecular flexibility index (Phi) is 5.40. The Morgan fingerprint density at radius 1 is 1.24 bits per heavy atom. The van der Waals surface area contributed by atoms with E-state index in [4.69, 9.17) is 0 Å². The van der Waals surface area contributed by atoms with Crippen LogP contribution in [0.2, 0.25) is 0 Å². The third-order valence-corrected chi connectivity index (χ3v) is 5.74. The van der Waals surface area contributed by atoms with Crippen LogP contribution in [-0.4, -0.2) is 42.1 Å². The van der Waals surface area contributed by atoms with Crippen LogP contribution >= 0.6 is 0 Å². The van der Waals surface area contributed by atoms with Crippen LogP contribution in [0, 0.1) is 6.92 Å². The van der Waals surface area contributed by atoms with Gasteiger partial charge in [0, 0.05) is 36.9 Å². The molecule has 1 aliphatic rings. The zero-order valence-electron chi connectivity index (χ0n) is 13.1. The number of nitrogens with zero attached hydrogens (tertiary/aromatic N) is 2. The van der Waals surface area contributed by atoms with Crippen LogP contribution in [0.1, 0.15) is 50.8 Å². The fourth-order valence-corrected chi connectivity index (χ4v) is 4.24. The van der Waals surface area contributed by atoms with Crippen LogP contribution in [0.15, 0.2) is 5.03 Å². The van der Waals surface area contributed by atoms with E-state index >= 15 is 0 Å². The van der Waals surface area contributed by atoms with Crippen molar-refractivity contribution in [1.29, 1.82) is 0 Å². The second kappa shape index (κ2) is 6.89. The zero-order chi connectivity index (χ0) is 15.5. The fourth-order valence-electron chi connectivity index (χ4n) is 2.56. The Morgan fingerprint density at radius 2 is 1.86 bits per heavy atom. The van der Waals surface area contributed by atoms with Crippen molar-refractivity contribution in [1.82, 2.24) is 19.8 Å². The standard InChI is InChI=1S/C14H26N4O2S/c1-11(2)15-10-13-12(3)16-17-14(13)21(19,20)18-8-6-4-5-7-9-18/h11,15H,4-10H2,1-3H3,(H,16,17). The van der Waals surface area contributed by atoms with Gasteiger partial charge in [-0.05, 0) is 19.8 Å². The maximum atomic E-state index is 12.8. The summed E-state index contributed by atoms with van der Waals surface area (Å²) < 4.78 is 27.3. The van der Waals surface area contributed by atoms with Crippen LogP contribution in [0.25, 0.3) is 0 Å². The highest BCUT2D eigenvalue weighted by atomic mass is 32.2. The smallest absolute Gasteiger partial charge is 0.262 e. The van der Waals surface area contributed by atoms with Gasteiger partial charge in [0.1, 0.15) is 0 Å². The summed E-state index contributed by atoms with van der Waals surface area (Å²) in [4.78, 5) is 0. The van der Waals surface area contributed by atoms with Crippen molar-refractivity contribution in [3.63, 3.8) is 0 Å². The zero-order valence-corrected chi connectivity index (χ0v) is 14.0. The summed E-state index contributed by atoms with van der Waals surface area (Å²) in [5.74, 6) is 0. The molecule has 2 heterocycles. The molecule has 0 bridgehead atoms. The molecule has 0 amide bonds. The number of sulfonamides is 1. The molecule has 1 aromatic heterocycles. The normalized spacial score (nSPS) is 18.1. The predicted octanol–water partition coefficient (Wildman–Crippen LogP) is 1.78. The first kappa shape index (κ1) is 16.5. The first-order chi connectivity index (χ1) is 9.93. The van der Waals surface area contributed by atoms with Gasteiger partial charge in [0.15, 0.2) is 5.03 Å². The van der Waals surface area contributed by atoms with Gasteiger partial charge in [0.25, 0.3) is 10.0 Å². The molecule has 0 aromatic carbocycles. The maximum absolute atomic E-state index is 12.8. The van der Waals surface area contributed by atoms with Gasteiger partial charge in [0.05, 0.1) is 0 Å². The molecule has 0 atom stereocenters. The number of aromatic nitrogens is 2. The molecule has 0 radical (unpaired) electrons. The third-order valence-electron chi connectivity index (χ3n) is 3.87. The van der Waals surface area contributed by atoms with Gasteiger partial charge in [-0.15, -0.1) is 0 Å². The highest BCUT2D eigenvalue weighted by Crippen LogP contribution is 2.23. The summed E-state index contributed by atoms with van der Waals surface area (Å²) in [6, 6.07) is 0.299. The quantitative estimate of drug-likeness (QED) is 0.868. The number of aromatic amines is 1. The van der Waals surface area contributed by atoms with E-state index in [9.17, 15) is 8.42 Å². The topological polar surface area (TPSA) is 78.1 Å². The molecular formula is C14H26N4O2S. The van der Waals surface area contributed by atoms with Gasteiger partial charge in [-0.25, -0.2) is 8.42 Å².